The molecule has 0 aromatic carbocycles. The maximum atomic E-state index is 6.07. The molecular weight excluding hydrogens is 368 g/mol. The SMILES string of the molecule is Cn1cc(-c2cnc3[nH]cc(-c4nnc(C(C)(C)c5ccnnc5)o4)c3c2)cn1. The highest BCUT2D eigenvalue weighted by atomic mass is 16.4. The van der Waals surface area contributed by atoms with Crippen LogP contribution in [0.15, 0.2) is 53.7 Å². The Labute approximate surface area is 165 Å². The molecule has 0 saturated carbocycles. The van der Waals surface area contributed by atoms with Gasteiger partial charge in [-0.15, -0.1) is 10.2 Å². The number of rotatable bonds is 4. The van der Waals surface area contributed by atoms with Crippen LogP contribution >= 0.6 is 0 Å². The predicted molar refractivity (Wildman–Crippen MR) is 106 cm³/mol. The summed E-state index contributed by atoms with van der Waals surface area (Å²) in [6.07, 6.45) is 10.8. The van der Waals surface area contributed by atoms with Gasteiger partial charge in [0.1, 0.15) is 5.65 Å². The van der Waals surface area contributed by atoms with E-state index in [9.17, 15) is 0 Å². The smallest absolute Gasteiger partial charge is 0.249 e. The molecule has 29 heavy (non-hydrogen) atoms. The normalized spacial score (nSPS) is 12.0. The maximum absolute atomic E-state index is 6.07. The van der Waals surface area contributed by atoms with Gasteiger partial charge in [0.2, 0.25) is 11.8 Å². The molecule has 0 radical (unpaired) electrons. The van der Waals surface area contributed by atoms with Crippen molar-refractivity contribution < 1.29 is 4.42 Å². The van der Waals surface area contributed by atoms with Crippen LogP contribution in [0, 0.1) is 0 Å². The van der Waals surface area contributed by atoms with Crippen LogP contribution in [0.1, 0.15) is 25.3 Å². The number of nitrogens with one attached hydrogen (secondary N) is 1. The minimum atomic E-state index is -0.494. The molecule has 0 saturated heterocycles. The molecule has 1 N–H and O–H groups in total. The van der Waals surface area contributed by atoms with Crippen molar-refractivity contribution in [3.63, 3.8) is 0 Å². The highest BCUT2D eigenvalue weighted by Crippen LogP contribution is 2.34. The number of pyridine rings is 1. The molecule has 0 aliphatic carbocycles. The zero-order valence-corrected chi connectivity index (χ0v) is 16.2. The number of hydrogen-bond acceptors (Lipinski definition) is 7. The Morgan fingerprint density at radius 3 is 2.72 bits per heavy atom. The van der Waals surface area contributed by atoms with Gasteiger partial charge in [-0.3, -0.25) is 4.68 Å². The van der Waals surface area contributed by atoms with Crippen LogP contribution in [0.3, 0.4) is 0 Å². The Kier molecular flexibility index (Phi) is 3.76. The van der Waals surface area contributed by atoms with E-state index in [2.05, 4.69) is 35.5 Å². The second kappa shape index (κ2) is 6.33. The molecule has 0 bridgehead atoms. The lowest BCUT2D eigenvalue weighted by Gasteiger charge is -2.19. The van der Waals surface area contributed by atoms with Crippen molar-refractivity contribution >= 4 is 11.0 Å². The maximum Gasteiger partial charge on any atom is 0.249 e. The molecule has 5 rings (SSSR count). The molecule has 0 fully saturated rings. The number of aromatic amines is 1. The lowest BCUT2D eigenvalue weighted by atomic mass is 9.86. The Bertz CT molecular complexity index is 1300. The van der Waals surface area contributed by atoms with Crippen molar-refractivity contribution in [3.05, 3.63) is 60.8 Å². The summed E-state index contributed by atoms with van der Waals surface area (Å²) >= 11 is 0. The van der Waals surface area contributed by atoms with Gasteiger partial charge >= 0.3 is 0 Å². The first kappa shape index (κ1) is 17.2. The Hall–Kier alpha value is -3.88. The number of nitrogens with zero attached hydrogens (tertiary/aromatic N) is 7. The molecule has 0 unspecified atom stereocenters. The summed E-state index contributed by atoms with van der Waals surface area (Å²) < 4.78 is 7.83. The molecule has 9 heteroatoms. The van der Waals surface area contributed by atoms with E-state index >= 15 is 0 Å². The molecule has 144 valence electrons. The monoisotopic (exact) mass is 386 g/mol. The van der Waals surface area contributed by atoms with Gasteiger partial charge in [-0.2, -0.15) is 15.3 Å². The second-order valence-corrected chi connectivity index (χ2v) is 7.39. The van der Waals surface area contributed by atoms with E-state index in [1.54, 1.807) is 17.1 Å². The van der Waals surface area contributed by atoms with Gasteiger partial charge in [-0.1, -0.05) is 0 Å². The zero-order chi connectivity index (χ0) is 20.0. The van der Waals surface area contributed by atoms with Crippen molar-refractivity contribution in [3.8, 4) is 22.6 Å². The summed E-state index contributed by atoms with van der Waals surface area (Å²) in [4.78, 5) is 7.69. The first-order chi connectivity index (χ1) is 14.0. The summed E-state index contributed by atoms with van der Waals surface area (Å²) in [6.45, 7) is 4.02. The third-order valence-electron chi connectivity index (χ3n) is 5.07. The van der Waals surface area contributed by atoms with Crippen LogP contribution in [0.5, 0.6) is 0 Å². The summed E-state index contributed by atoms with van der Waals surface area (Å²) in [5, 5.41) is 21.5. The first-order valence-corrected chi connectivity index (χ1v) is 9.10. The fourth-order valence-corrected chi connectivity index (χ4v) is 3.28. The molecular formula is C20H18N8O. The van der Waals surface area contributed by atoms with Gasteiger partial charge in [0, 0.05) is 48.3 Å². The van der Waals surface area contributed by atoms with Gasteiger partial charge in [-0.05, 0) is 31.5 Å². The van der Waals surface area contributed by atoms with Gasteiger partial charge in [-0.25, -0.2) is 4.98 Å². The van der Waals surface area contributed by atoms with Gasteiger partial charge < -0.3 is 9.40 Å². The summed E-state index contributed by atoms with van der Waals surface area (Å²) in [6, 6.07) is 3.94. The minimum Gasteiger partial charge on any atom is -0.420 e. The van der Waals surface area contributed by atoms with Crippen molar-refractivity contribution in [2.75, 3.05) is 0 Å². The summed E-state index contributed by atoms with van der Waals surface area (Å²) in [5.41, 5.74) is 3.97. The van der Waals surface area contributed by atoms with Crippen molar-refractivity contribution in [1.82, 2.24) is 40.1 Å². The van der Waals surface area contributed by atoms with Gasteiger partial charge in [0.15, 0.2) is 0 Å². The molecule has 0 spiro atoms. The predicted octanol–water partition coefficient (Wildman–Crippen LogP) is 3.13. The van der Waals surface area contributed by atoms with Crippen LogP contribution < -0.4 is 0 Å². The fraction of sp³-hybridized carbons (Fsp3) is 0.200. The molecule has 5 aromatic heterocycles. The lowest BCUT2D eigenvalue weighted by molar-refractivity contribution is 0.419. The van der Waals surface area contributed by atoms with Crippen LogP contribution in [0.25, 0.3) is 33.6 Å². The molecule has 0 amide bonds. The number of H-pyrrole nitrogens is 1. The fourth-order valence-electron chi connectivity index (χ4n) is 3.28. The third-order valence-corrected chi connectivity index (χ3v) is 5.07. The number of fused-ring (bicyclic) bond motifs is 1. The van der Waals surface area contributed by atoms with E-state index in [0.29, 0.717) is 11.8 Å². The second-order valence-electron chi connectivity index (χ2n) is 7.39. The van der Waals surface area contributed by atoms with E-state index in [1.165, 1.54) is 0 Å². The topological polar surface area (TPSA) is 111 Å². The van der Waals surface area contributed by atoms with E-state index in [1.807, 2.05) is 57.8 Å². The first-order valence-electron chi connectivity index (χ1n) is 9.10. The van der Waals surface area contributed by atoms with E-state index in [0.717, 1.165) is 33.3 Å². The Morgan fingerprint density at radius 1 is 1.07 bits per heavy atom. The Balaban J connectivity index is 1.57. The number of aryl methyl sites for hydroxylation is 1. The van der Waals surface area contributed by atoms with Crippen LogP contribution in [0.2, 0.25) is 0 Å². The standard InChI is InChI=1S/C20H18N8O/c1-20(2,14-4-5-23-24-9-14)19-27-26-18(29-19)16-10-22-17-15(16)6-12(7-21-17)13-8-25-28(3)11-13/h4-11H,1-3H3,(H,21,22). The molecule has 9 nitrogen and oxygen atoms in total. The number of hydrogen-bond donors (Lipinski definition) is 1. The van der Waals surface area contributed by atoms with Gasteiger partial charge in [0.05, 0.1) is 23.4 Å². The third kappa shape index (κ3) is 2.87. The van der Waals surface area contributed by atoms with Crippen LogP contribution in [-0.2, 0) is 12.5 Å². The highest BCUT2D eigenvalue weighted by Gasteiger charge is 2.30. The molecule has 0 aliphatic rings. The molecule has 5 aromatic rings. The van der Waals surface area contributed by atoms with Gasteiger partial charge in [0.25, 0.3) is 0 Å². The van der Waals surface area contributed by atoms with Crippen molar-refractivity contribution in [2.24, 2.45) is 7.05 Å². The molecule has 5 heterocycles. The largest absolute Gasteiger partial charge is 0.420 e. The lowest BCUT2D eigenvalue weighted by Crippen LogP contribution is -2.19. The van der Waals surface area contributed by atoms with Crippen LogP contribution in [-0.4, -0.2) is 40.1 Å². The molecule has 0 aliphatic heterocycles. The quantitative estimate of drug-likeness (QED) is 0.505. The average molecular weight is 386 g/mol. The average Bonchev–Trinajstić information content (AvgIpc) is 3.47. The minimum absolute atomic E-state index is 0.437. The highest BCUT2D eigenvalue weighted by molar-refractivity contribution is 5.93. The summed E-state index contributed by atoms with van der Waals surface area (Å²) in [7, 11) is 1.89. The van der Waals surface area contributed by atoms with E-state index in [4.69, 9.17) is 4.42 Å². The van der Waals surface area contributed by atoms with E-state index < -0.39 is 5.41 Å². The van der Waals surface area contributed by atoms with Crippen molar-refractivity contribution in [1.29, 1.82) is 0 Å². The van der Waals surface area contributed by atoms with Crippen molar-refractivity contribution in [2.45, 2.75) is 19.3 Å². The summed E-state index contributed by atoms with van der Waals surface area (Å²) in [5.74, 6) is 0.942. The van der Waals surface area contributed by atoms with E-state index in [-0.39, 0.29) is 0 Å². The Morgan fingerprint density at radius 2 is 1.97 bits per heavy atom. The number of aromatic nitrogens is 8. The molecule has 0 atom stereocenters. The van der Waals surface area contributed by atoms with Crippen LogP contribution in [0.4, 0.5) is 0 Å². The zero-order valence-electron chi connectivity index (χ0n) is 16.2.